The van der Waals surface area contributed by atoms with Gasteiger partial charge in [0.05, 0.1) is 11.1 Å². The van der Waals surface area contributed by atoms with Crippen molar-refractivity contribution in [3.05, 3.63) is 42.1 Å². The SMILES string of the molecule is CC1CC(C)CN(S(=O)(=O)c2cccc(C(=O)Nc3ccnn3C(C)C)c2)C1. The molecule has 0 radical (unpaired) electrons. The Kier molecular flexibility index (Phi) is 5.90. The average Bonchev–Trinajstić information content (AvgIpc) is 3.09. The fraction of sp³-hybridized carbons (Fsp3) is 0.500. The number of nitrogens with one attached hydrogen (secondary N) is 1. The second kappa shape index (κ2) is 8.05. The average molecular weight is 405 g/mol. The predicted molar refractivity (Wildman–Crippen MR) is 109 cm³/mol. The zero-order valence-corrected chi connectivity index (χ0v) is 17.6. The summed E-state index contributed by atoms with van der Waals surface area (Å²) in [5, 5.41) is 7.01. The van der Waals surface area contributed by atoms with Crippen LogP contribution in [0.3, 0.4) is 0 Å². The van der Waals surface area contributed by atoms with Gasteiger partial charge in [-0.15, -0.1) is 0 Å². The van der Waals surface area contributed by atoms with Gasteiger partial charge in [0.25, 0.3) is 5.91 Å². The van der Waals surface area contributed by atoms with Gasteiger partial charge < -0.3 is 5.32 Å². The van der Waals surface area contributed by atoms with Gasteiger partial charge in [-0.05, 0) is 50.3 Å². The van der Waals surface area contributed by atoms with Crippen molar-refractivity contribution in [3.8, 4) is 0 Å². The van der Waals surface area contributed by atoms with Crippen molar-refractivity contribution in [3.63, 3.8) is 0 Å². The second-order valence-electron chi connectivity index (χ2n) is 8.00. The van der Waals surface area contributed by atoms with E-state index in [4.69, 9.17) is 0 Å². The van der Waals surface area contributed by atoms with E-state index in [9.17, 15) is 13.2 Å². The number of benzene rings is 1. The molecule has 1 fully saturated rings. The zero-order valence-electron chi connectivity index (χ0n) is 16.8. The van der Waals surface area contributed by atoms with Gasteiger partial charge in [-0.2, -0.15) is 9.40 Å². The topological polar surface area (TPSA) is 84.3 Å². The monoisotopic (exact) mass is 404 g/mol. The Bertz CT molecular complexity index is 942. The quantitative estimate of drug-likeness (QED) is 0.828. The number of piperidine rings is 1. The van der Waals surface area contributed by atoms with Gasteiger partial charge in [-0.25, -0.2) is 13.1 Å². The maximum atomic E-state index is 13.1. The summed E-state index contributed by atoms with van der Waals surface area (Å²) in [5.74, 6) is 0.856. The first kappa shape index (κ1) is 20.5. The number of carbonyl (C=O) groups excluding carboxylic acids is 1. The van der Waals surface area contributed by atoms with Crippen LogP contribution >= 0.6 is 0 Å². The Morgan fingerprint density at radius 2 is 1.86 bits per heavy atom. The van der Waals surface area contributed by atoms with Gasteiger partial charge in [-0.1, -0.05) is 19.9 Å². The molecule has 0 saturated carbocycles. The van der Waals surface area contributed by atoms with E-state index in [1.807, 2.05) is 13.8 Å². The fourth-order valence-electron chi connectivity index (χ4n) is 3.76. The van der Waals surface area contributed by atoms with Crippen LogP contribution in [-0.4, -0.2) is 41.5 Å². The highest BCUT2D eigenvalue weighted by Gasteiger charge is 2.32. The van der Waals surface area contributed by atoms with Gasteiger partial charge >= 0.3 is 0 Å². The number of carbonyl (C=O) groups is 1. The number of sulfonamides is 1. The van der Waals surface area contributed by atoms with Crippen molar-refractivity contribution in [2.24, 2.45) is 11.8 Å². The number of hydrogen-bond donors (Lipinski definition) is 1. The summed E-state index contributed by atoms with van der Waals surface area (Å²) in [6.07, 6.45) is 2.65. The highest BCUT2D eigenvalue weighted by Crippen LogP contribution is 2.27. The fourth-order valence-corrected chi connectivity index (χ4v) is 5.49. The minimum absolute atomic E-state index is 0.0973. The Morgan fingerprint density at radius 3 is 2.50 bits per heavy atom. The molecule has 2 aromatic rings. The number of rotatable bonds is 5. The van der Waals surface area contributed by atoms with Crippen LogP contribution < -0.4 is 5.32 Å². The van der Waals surface area contributed by atoms with E-state index in [0.29, 0.717) is 36.3 Å². The molecule has 0 bridgehead atoms. The van der Waals surface area contributed by atoms with Crippen molar-refractivity contribution in [1.82, 2.24) is 14.1 Å². The van der Waals surface area contributed by atoms with Crippen LogP contribution in [0.1, 0.15) is 50.5 Å². The lowest BCUT2D eigenvalue weighted by Gasteiger charge is -2.34. The largest absolute Gasteiger partial charge is 0.307 e. The molecule has 1 N–H and O–H groups in total. The summed E-state index contributed by atoms with van der Waals surface area (Å²) in [6.45, 7) is 9.10. The summed E-state index contributed by atoms with van der Waals surface area (Å²) in [6, 6.07) is 8.04. The van der Waals surface area contributed by atoms with E-state index < -0.39 is 10.0 Å². The lowest BCUT2D eigenvalue weighted by atomic mass is 9.94. The third-order valence-electron chi connectivity index (χ3n) is 4.97. The molecule has 2 heterocycles. The standard InChI is InChI=1S/C20H28N4O3S/c1-14(2)24-19(8-9-21-24)22-20(25)17-6-5-7-18(11-17)28(26,27)23-12-15(3)10-16(4)13-23/h5-9,11,14-16H,10,12-13H2,1-4H3,(H,22,25). The van der Waals surface area contributed by atoms with Gasteiger partial charge in [-0.3, -0.25) is 4.79 Å². The van der Waals surface area contributed by atoms with Crippen LogP contribution in [-0.2, 0) is 10.0 Å². The number of nitrogens with zero attached hydrogens (tertiary/aromatic N) is 3. The summed E-state index contributed by atoms with van der Waals surface area (Å²) >= 11 is 0. The molecule has 0 aliphatic carbocycles. The first-order valence-corrected chi connectivity index (χ1v) is 11.1. The van der Waals surface area contributed by atoms with Crippen LogP contribution in [0.4, 0.5) is 5.82 Å². The molecule has 1 amide bonds. The molecule has 0 spiro atoms. The van der Waals surface area contributed by atoms with Crippen LogP contribution in [0.2, 0.25) is 0 Å². The molecule has 1 aromatic heterocycles. The Balaban J connectivity index is 1.83. The molecule has 1 aromatic carbocycles. The van der Waals surface area contributed by atoms with Crippen LogP contribution in [0.5, 0.6) is 0 Å². The Morgan fingerprint density at radius 1 is 1.18 bits per heavy atom. The molecule has 28 heavy (non-hydrogen) atoms. The first-order chi connectivity index (χ1) is 13.2. The minimum Gasteiger partial charge on any atom is -0.307 e. The lowest BCUT2D eigenvalue weighted by molar-refractivity contribution is 0.102. The van der Waals surface area contributed by atoms with E-state index in [1.165, 1.54) is 10.4 Å². The van der Waals surface area contributed by atoms with Crippen molar-refractivity contribution in [1.29, 1.82) is 0 Å². The summed E-state index contributed by atoms with van der Waals surface area (Å²) in [4.78, 5) is 12.8. The molecule has 2 unspecified atom stereocenters. The highest BCUT2D eigenvalue weighted by atomic mass is 32.2. The van der Waals surface area contributed by atoms with Crippen molar-refractivity contribution < 1.29 is 13.2 Å². The molecular formula is C20H28N4O3S. The van der Waals surface area contributed by atoms with E-state index in [0.717, 1.165) is 6.42 Å². The maximum Gasteiger partial charge on any atom is 0.256 e. The lowest BCUT2D eigenvalue weighted by Crippen LogP contribution is -2.42. The number of hydrogen-bond acceptors (Lipinski definition) is 4. The molecule has 1 saturated heterocycles. The molecule has 1 aliphatic rings. The summed E-state index contributed by atoms with van der Waals surface area (Å²) in [5.41, 5.74) is 0.302. The molecule has 152 valence electrons. The number of amides is 1. The Labute approximate surface area is 166 Å². The number of aromatic nitrogens is 2. The normalized spacial score (nSPS) is 21.0. The predicted octanol–water partition coefficient (Wildman–Crippen LogP) is 3.38. The summed E-state index contributed by atoms with van der Waals surface area (Å²) in [7, 11) is -3.63. The summed E-state index contributed by atoms with van der Waals surface area (Å²) < 4.78 is 29.4. The second-order valence-corrected chi connectivity index (χ2v) is 9.94. The van der Waals surface area contributed by atoms with E-state index in [2.05, 4.69) is 24.3 Å². The smallest absolute Gasteiger partial charge is 0.256 e. The number of anilines is 1. The Hall–Kier alpha value is -2.19. The molecule has 2 atom stereocenters. The van der Waals surface area contributed by atoms with Crippen LogP contribution in [0, 0.1) is 11.8 Å². The first-order valence-electron chi connectivity index (χ1n) is 9.63. The van der Waals surface area contributed by atoms with Crippen molar-refractivity contribution >= 4 is 21.7 Å². The van der Waals surface area contributed by atoms with Gasteiger partial charge in [0.1, 0.15) is 5.82 Å². The van der Waals surface area contributed by atoms with E-state index in [1.54, 1.807) is 35.1 Å². The van der Waals surface area contributed by atoms with Crippen LogP contribution in [0.15, 0.2) is 41.4 Å². The van der Waals surface area contributed by atoms with E-state index >= 15 is 0 Å². The minimum atomic E-state index is -3.63. The van der Waals surface area contributed by atoms with Crippen molar-refractivity contribution in [2.45, 2.75) is 45.1 Å². The van der Waals surface area contributed by atoms with Crippen LogP contribution in [0.25, 0.3) is 0 Å². The molecular weight excluding hydrogens is 376 g/mol. The molecule has 7 nitrogen and oxygen atoms in total. The third-order valence-corrected chi connectivity index (χ3v) is 6.80. The highest BCUT2D eigenvalue weighted by molar-refractivity contribution is 7.89. The zero-order chi connectivity index (χ0) is 20.5. The van der Waals surface area contributed by atoms with Gasteiger partial charge in [0.2, 0.25) is 10.0 Å². The van der Waals surface area contributed by atoms with Crippen molar-refractivity contribution in [2.75, 3.05) is 18.4 Å². The molecule has 1 aliphatic heterocycles. The maximum absolute atomic E-state index is 13.1. The van der Waals surface area contributed by atoms with Gasteiger partial charge in [0.15, 0.2) is 0 Å². The molecule has 3 rings (SSSR count). The van der Waals surface area contributed by atoms with Gasteiger partial charge in [0, 0.05) is 30.8 Å². The third kappa shape index (κ3) is 4.28. The molecule has 8 heteroatoms. The van der Waals surface area contributed by atoms with E-state index in [-0.39, 0.29) is 16.8 Å².